The van der Waals surface area contributed by atoms with Crippen molar-refractivity contribution in [1.29, 1.82) is 0 Å². The maximum atomic E-state index is 12.7. The minimum atomic E-state index is -3.65. The van der Waals surface area contributed by atoms with Gasteiger partial charge in [-0.3, -0.25) is 0 Å². The number of carboxylic acid groups (broad SMARTS) is 1. The van der Waals surface area contributed by atoms with Crippen LogP contribution < -0.4 is 5.32 Å². The molecule has 0 bridgehead atoms. The average molecular weight is 207 g/mol. The summed E-state index contributed by atoms with van der Waals surface area (Å²) in [4.78, 5) is 10.1. The second kappa shape index (κ2) is 3.81. The number of carboxylic acids is 1. The summed E-state index contributed by atoms with van der Waals surface area (Å²) in [5, 5.41) is 10.9. The molecule has 0 aliphatic heterocycles. The smallest absolute Gasteiger partial charge is 0.375 e. The molecule has 0 aromatic heterocycles. The van der Waals surface area contributed by atoms with Crippen LogP contribution in [0.1, 0.15) is 32.6 Å². The van der Waals surface area contributed by atoms with Crippen LogP contribution in [0, 0.1) is 0 Å². The molecule has 5 heteroatoms. The maximum absolute atomic E-state index is 12.7. The molecule has 1 saturated carbocycles. The molecule has 1 aliphatic rings. The summed E-state index contributed by atoms with van der Waals surface area (Å²) < 4.78 is 25.4. The molecule has 14 heavy (non-hydrogen) atoms. The van der Waals surface area contributed by atoms with Crippen LogP contribution >= 0.6 is 0 Å². The van der Waals surface area contributed by atoms with Crippen molar-refractivity contribution in [3.8, 4) is 0 Å². The fourth-order valence-electron chi connectivity index (χ4n) is 1.63. The van der Waals surface area contributed by atoms with E-state index in [4.69, 9.17) is 5.11 Å². The number of hydrogen-bond donors (Lipinski definition) is 2. The van der Waals surface area contributed by atoms with Crippen molar-refractivity contribution in [2.45, 2.75) is 44.1 Å². The van der Waals surface area contributed by atoms with Crippen LogP contribution in [0.15, 0.2) is 0 Å². The van der Waals surface area contributed by atoms with Crippen molar-refractivity contribution in [1.82, 2.24) is 5.32 Å². The number of aliphatic carboxylic acids is 1. The number of halogens is 2. The van der Waals surface area contributed by atoms with Gasteiger partial charge >= 0.3 is 11.9 Å². The Balaban J connectivity index is 2.43. The maximum Gasteiger partial charge on any atom is 0.375 e. The summed E-state index contributed by atoms with van der Waals surface area (Å²) in [6, 6.07) is 0. The zero-order chi connectivity index (χ0) is 10.8. The predicted molar refractivity (Wildman–Crippen MR) is 47.5 cm³/mol. The van der Waals surface area contributed by atoms with Gasteiger partial charge in [-0.25, -0.2) is 4.79 Å². The summed E-state index contributed by atoms with van der Waals surface area (Å²) in [5.41, 5.74) is -0.237. The van der Waals surface area contributed by atoms with Gasteiger partial charge in [0.2, 0.25) is 0 Å². The Labute approximate surface area is 81.5 Å². The highest BCUT2D eigenvalue weighted by Crippen LogP contribution is 2.35. The first-order valence-electron chi connectivity index (χ1n) is 4.78. The molecule has 2 N–H and O–H groups in total. The summed E-state index contributed by atoms with van der Waals surface area (Å²) in [7, 11) is 0. The Hall–Kier alpha value is -0.710. The second-order valence-corrected chi connectivity index (χ2v) is 3.85. The largest absolute Gasteiger partial charge is 0.477 e. The van der Waals surface area contributed by atoms with Crippen molar-refractivity contribution >= 4 is 5.97 Å². The molecule has 0 aromatic rings. The van der Waals surface area contributed by atoms with Gasteiger partial charge in [0.15, 0.2) is 0 Å². The molecule has 1 aliphatic carbocycles. The Morgan fingerprint density at radius 1 is 1.57 bits per heavy atom. The van der Waals surface area contributed by atoms with Crippen molar-refractivity contribution in [3.05, 3.63) is 0 Å². The van der Waals surface area contributed by atoms with E-state index in [-0.39, 0.29) is 5.54 Å². The molecule has 1 fully saturated rings. The van der Waals surface area contributed by atoms with Gasteiger partial charge in [0.25, 0.3) is 0 Å². The molecule has 0 radical (unpaired) electrons. The van der Waals surface area contributed by atoms with Crippen LogP contribution in [0.3, 0.4) is 0 Å². The molecule has 3 nitrogen and oxygen atoms in total. The topological polar surface area (TPSA) is 49.3 Å². The van der Waals surface area contributed by atoms with Crippen molar-refractivity contribution < 1.29 is 18.7 Å². The standard InChI is InChI=1S/C9H15F2NO2/c1-2-8(4-3-5-8)12-6-9(10,11)7(13)14/h12H,2-6H2,1H3,(H,13,14). The van der Waals surface area contributed by atoms with E-state index >= 15 is 0 Å². The molecular weight excluding hydrogens is 192 g/mol. The minimum absolute atomic E-state index is 0.237. The lowest BCUT2D eigenvalue weighted by atomic mass is 9.75. The van der Waals surface area contributed by atoms with Crippen molar-refractivity contribution in [3.63, 3.8) is 0 Å². The lowest BCUT2D eigenvalue weighted by Crippen LogP contribution is -2.55. The predicted octanol–water partition coefficient (Wildman–Crippen LogP) is 1.63. The lowest BCUT2D eigenvalue weighted by molar-refractivity contribution is -0.164. The Morgan fingerprint density at radius 2 is 2.14 bits per heavy atom. The fourth-order valence-corrected chi connectivity index (χ4v) is 1.63. The van der Waals surface area contributed by atoms with Gasteiger partial charge in [-0.05, 0) is 25.7 Å². The number of alkyl halides is 2. The van der Waals surface area contributed by atoms with Crippen molar-refractivity contribution in [2.75, 3.05) is 6.54 Å². The van der Waals surface area contributed by atoms with Gasteiger partial charge in [-0.1, -0.05) is 6.92 Å². The van der Waals surface area contributed by atoms with Crippen LogP contribution in [0.5, 0.6) is 0 Å². The summed E-state index contributed by atoms with van der Waals surface area (Å²) in [6.07, 6.45) is 3.51. The van der Waals surface area contributed by atoms with E-state index in [9.17, 15) is 13.6 Å². The zero-order valence-electron chi connectivity index (χ0n) is 8.15. The van der Waals surface area contributed by atoms with Crippen molar-refractivity contribution in [2.24, 2.45) is 0 Å². The Kier molecular flexibility index (Phi) is 3.09. The molecule has 0 atom stereocenters. The number of rotatable bonds is 5. The van der Waals surface area contributed by atoms with Crippen LogP contribution in [-0.2, 0) is 4.79 Å². The van der Waals surface area contributed by atoms with Gasteiger partial charge in [0.05, 0.1) is 6.54 Å². The molecule has 0 heterocycles. The molecule has 0 amide bonds. The van der Waals surface area contributed by atoms with E-state index in [2.05, 4.69) is 5.32 Å². The monoisotopic (exact) mass is 207 g/mol. The Bertz CT molecular complexity index is 221. The quantitative estimate of drug-likeness (QED) is 0.720. The van der Waals surface area contributed by atoms with Gasteiger partial charge in [0, 0.05) is 5.54 Å². The molecule has 0 unspecified atom stereocenters. The van der Waals surface area contributed by atoms with E-state index in [0.717, 1.165) is 25.7 Å². The molecule has 0 saturated heterocycles. The van der Waals surface area contributed by atoms with Gasteiger partial charge in [0.1, 0.15) is 0 Å². The third-order valence-electron chi connectivity index (χ3n) is 2.99. The molecule has 0 aromatic carbocycles. The van der Waals surface area contributed by atoms with Gasteiger partial charge < -0.3 is 10.4 Å². The first kappa shape index (κ1) is 11.4. The number of hydrogen-bond acceptors (Lipinski definition) is 2. The summed E-state index contributed by atoms with van der Waals surface area (Å²) in [5.74, 6) is -5.71. The highest BCUT2D eigenvalue weighted by molar-refractivity contribution is 5.75. The normalized spacial score (nSPS) is 20.2. The van der Waals surface area contributed by atoms with E-state index in [1.807, 2.05) is 6.92 Å². The lowest BCUT2D eigenvalue weighted by Gasteiger charge is -2.42. The third-order valence-corrected chi connectivity index (χ3v) is 2.99. The first-order chi connectivity index (χ1) is 6.42. The van der Waals surface area contributed by atoms with Crippen LogP contribution in [0.4, 0.5) is 8.78 Å². The highest BCUT2D eigenvalue weighted by Gasteiger charge is 2.43. The fraction of sp³-hybridized carbons (Fsp3) is 0.889. The van der Waals surface area contributed by atoms with Crippen LogP contribution in [-0.4, -0.2) is 29.1 Å². The first-order valence-corrected chi connectivity index (χ1v) is 4.78. The number of nitrogens with one attached hydrogen (secondary N) is 1. The molecule has 82 valence electrons. The van der Waals surface area contributed by atoms with E-state index in [1.165, 1.54) is 0 Å². The van der Waals surface area contributed by atoms with Gasteiger partial charge in [-0.15, -0.1) is 0 Å². The number of carbonyl (C=O) groups is 1. The Morgan fingerprint density at radius 3 is 2.43 bits per heavy atom. The third kappa shape index (κ3) is 2.20. The summed E-state index contributed by atoms with van der Waals surface area (Å²) in [6.45, 7) is 1.15. The molecule has 1 rings (SSSR count). The minimum Gasteiger partial charge on any atom is -0.477 e. The van der Waals surface area contributed by atoms with Gasteiger partial charge in [-0.2, -0.15) is 8.78 Å². The molecule has 0 spiro atoms. The SMILES string of the molecule is CCC1(NCC(F)(F)C(=O)O)CCC1. The zero-order valence-corrected chi connectivity index (χ0v) is 8.15. The van der Waals surface area contributed by atoms with E-state index < -0.39 is 18.4 Å². The highest BCUT2D eigenvalue weighted by atomic mass is 19.3. The van der Waals surface area contributed by atoms with Crippen LogP contribution in [0.25, 0.3) is 0 Å². The summed E-state index contributed by atoms with van der Waals surface area (Å²) >= 11 is 0. The second-order valence-electron chi connectivity index (χ2n) is 3.85. The van der Waals surface area contributed by atoms with Crippen LogP contribution in [0.2, 0.25) is 0 Å². The van der Waals surface area contributed by atoms with E-state index in [1.54, 1.807) is 0 Å². The van der Waals surface area contributed by atoms with E-state index in [0.29, 0.717) is 0 Å². The molecular formula is C9H15F2NO2. The average Bonchev–Trinajstić information content (AvgIpc) is 2.02.